The first-order valence-electron chi connectivity index (χ1n) is 6.03. The lowest BCUT2D eigenvalue weighted by molar-refractivity contribution is -0.870. The molecule has 0 aliphatic rings. The summed E-state index contributed by atoms with van der Waals surface area (Å²) in [5, 5.41) is 10.5. The molecule has 1 rings (SSSR count). The smallest absolute Gasteiger partial charge is 0.311 e. The van der Waals surface area contributed by atoms with E-state index in [4.69, 9.17) is 4.74 Å². The molecule has 0 aromatic heterocycles. The fraction of sp³-hybridized carbons (Fsp3) is 0.462. The fourth-order valence-corrected chi connectivity index (χ4v) is 1.52. The van der Waals surface area contributed by atoms with Crippen molar-refractivity contribution in [3.63, 3.8) is 0 Å². The van der Waals surface area contributed by atoms with E-state index in [0.717, 1.165) is 17.4 Å². The summed E-state index contributed by atoms with van der Waals surface area (Å²) in [7, 11) is 6.17. The van der Waals surface area contributed by atoms with Gasteiger partial charge in [-0.3, -0.25) is 14.9 Å². The number of benzene rings is 1. The lowest BCUT2D eigenvalue weighted by atomic mass is 10.3. The number of nitro groups is 1. The number of hydrogen-bond acceptors (Lipinski definition) is 4. The Morgan fingerprint density at radius 3 is 2.32 bits per heavy atom. The molecule has 6 nitrogen and oxygen atoms in total. The van der Waals surface area contributed by atoms with Crippen LogP contribution < -0.4 is 4.74 Å². The van der Waals surface area contributed by atoms with Crippen molar-refractivity contribution < 1.29 is 18.9 Å². The largest absolute Gasteiger partial charge is 0.427 e. The van der Waals surface area contributed by atoms with Crippen molar-refractivity contribution in [2.75, 3.05) is 27.7 Å². The Kier molecular flexibility index (Phi) is 5.00. The molecular formula is C13H19N2O4+. The SMILES string of the molecule is C[N+](C)(C)CCCC(=O)Oc1ccc([N+](=O)[O-])cc1. The van der Waals surface area contributed by atoms with Crippen LogP contribution in [0.2, 0.25) is 0 Å². The quantitative estimate of drug-likeness (QED) is 0.260. The van der Waals surface area contributed by atoms with Crippen molar-refractivity contribution >= 4 is 11.7 Å². The summed E-state index contributed by atoms with van der Waals surface area (Å²) in [4.78, 5) is 21.5. The Bertz CT molecular complexity index is 449. The van der Waals surface area contributed by atoms with Gasteiger partial charge in [-0.1, -0.05) is 0 Å². The summed E-state index contributed by atoms with van der Waals surface area (Å²) in [6.45, 7) is 0.884. The maximum atomic E-state index is 11.6. The van der Waals surface area contributed by atoms with Gasteiger partial charge < -0.3 is 9.22 Å². The van der Waals surface area contributed by atoms with Gasteiger partial charge in [-0.2, -0.15) is 0 Å². The summed E-state index contributed by atoms with van der Waals surface area (Å²) in [5.74, 6) is 0.0168. The van der Waals surface area contributed by atoms with E-state index in [9.17, 15) is 14.9 Å². The molecule has 0 fully saturated rings. The second-order valence-corrected chi connectivity index (χ2v) is 5.34. The van der Waals surface area contributed by atoms with Gasteiger partial charge in [0.1, 0.15) is 5.75 Å². The molecule has 0 atom stereocenters. The molecule has 0 aliphatic heterocycles. The molecule has 0 saturated heterocycles. The van der Waals surface area contributed by atoms with E-state index >= 15 is 0 Å². The van der Waals surface area contributed by atoms with Gasteiger partial charge in [0.25, 0.3) is 5.69 Å². The fourth-order valence-electron chi connectivity index (χ4n) is 1.52. The van der Waals surface area contributed by atoms with Gasteiger partial charge in [-0.05, 0) is 12.1 Å². The Morgan fingerprint density at radius 1 is 1.26 bits per heavy atom. The molecular weight excluding hydrogens is 248 g/mol. The minimum Gasteiger partial charge on any atom is -0.427 e. The maximum Gasteiger partial charge on any atom is 0.311 e. The van der Waals surface area contributed by atoms with E-state index < -0.39 is 4.92 Å². The molecule has 0 bridgehead atoms. The average Bonchev–Trinajstić information content (AvgIpc) is 2.27. The number of esters is 1. The third kappa shape index (κ3) is 5.96. The summed E-state index contributed by atoms with van der Waals surface area (Å²) < 4.78 is 5.89. The normalized spacial score (nSPS) is 11.1. The Morgan fingerprint density at radius 2 is 1.84 bits per heavy atom. The van der Waals surface area contributed by atoms with Gasteiger partial charge in [0.15, 0.2) is 0 Å². The van der Waals surface area contributed by atoms with E-state index in [1.54, 1.807) is 0 Å². The van der Waals surface area contributed by atoms with Gasteiger partial charge in [-0.15, -0.1) is 0 Å². The van der Waals surface area contributed by atoms with E-state index in [2.05, 4.69) is 21.1 Å². The molecule has 0 heterocycles. The first-order chi connectivity index (χ1) is 8.78. The zero-order valence-electron chi connectivity index (χ0n) is 11.5. The number of nitro benzene ring substituents is 1. The summed E-state index contributed by atoms with van der Waals surface area (Å²) in [6.07, 6.45) is 1.09. The van der Waals surface area contributed by atoms with E-state index in [1.165, 1.54) is 24.3 Å². The summed E-state index contributed by atoms with van der Waals surface area (Å²) >= 11 is 0. The van der Waals surface area contributed by atoms with Crippen LogP contribution in [0.3, 0.4) is 0 Å². The molecule has 0 radical (unpaired) electrons. The number of carbonyl (C=O) groups excluding carboxylic acids is 1. The Labute approximate surface area is 112 Å². The molecule has 0 N–H and O–H groups in total. The van der Waals surface area contributed by atoms with E-state index in [-0.39, 0.29) is 11.7 Å². The average molecular weight is 267 g/mol. The second-order valence-electron chi connectivity index (χ2n) is 5.34. The summed E-state index contributed by atoms with van der Waals surface area (Å²) in [6, 6.07) is 5.48. The third-order valence-electron chi connectivity index (χ3n) is 2.49. The van der Waals surface area contributed by atoms with Crippen LogP contribution in [0.1, 0.15) is 12.8 Å². The summed E-state index contributed by atoms with van der Waals surface area (Å²) in [5.41, 5.74) is -0.0233. The highest BCUT2D eigenvalue weighted by Gasteiger charge is 2.11. The highest BCUT2D eigenvalue weighted by atomic mass is 16.6. The Balaban J connectivity index is 2.42. The number of hydrogen-bond donors (Lipinski definition) is 0. The van der Waals surface area contributed by atoms with Crippen LogP contribution >= 0.6 is 0 Å². The van der Waals surface area contributed by atoms with Crippen molar-refractivity contribution in [3.05, 3.63) is 34.4 Å². The number of nitrogens with zero attached hydrogens (tertiary/aromatic N) is 2. The predicted molar refractivity (Wildman–Crippen MR) is 70.9 cm³/mol. The molecule has 1 aromatic rings. The monoisotopic (exact) mass is 267 g/mol. The molecule has 0 aliphatic carbocycles. The standard InChI is InChI=1S/C13H19N2O4/c1-15(2,3)10-4-5-13(16)19-12-8-6-11(7-9-12)14(17)18/h6-9H,4-5,10H2,1-3H3/q+1. The third-order valence-corrected chi connectivity index (χ3v) is 2.49. The van der Waals surface area contributed by atoms with Gasteiger partial charge in [-0.25, -0.2) is 0 Å². The predicted octanol–water partition coefficient (Wildman–Crippen LogP) is 1.99. The number of ether oxygens (including phenoxy) is 1. The number of carbonyl (C=O) groups is 1. The first kappa shape index (κ1) is 15.1. The van der Waals surface area contributed by atoms with Crippen molar-refractivity contribution in [2.24, 2.45) is 0 Å². The van der Waals surface area contributed by atoms with Gasteiger partial charge in [0.05, 0.1) is 39.0 Å². The van der Waals surface area contributed by atoms with E-state index in [0.29, 0.717) is 12.2 Å². The second kappa shape index (κ2) is 6.29. The Hall–Kier alpha value is -1.95. The van der Waals surface area contributed by atoms with Crippen LogP contribution in [0.4, 0.5) is 5.69 Å². The number of rotatable bonds is 6. The van der Waals surface area contributed by atoms with Gasteiger partial charge >= 0.3 is 5.97 Å². The van der Waals surface area contributed by atoms with Crippen LogP contribution in [0.5, 0.6) is 5.75 Å². The number of quaternary nitrogens is 1. The van der Waals surface area contributed by atoms with Crippen LogP contribution in [0, 0.1) is 10.1 Å². The lowest BCUT2D eigenvalue weighted by Crippen LogP contribution is -2.35. The van der Waals surface area contributed by atoms with E-state index in [1.807, 2.05) is 0 Å². The molecule has 0 unspecified atom stereocenters. The first-order valence-corrected chi connectivity index (χ1v) is 6.03. The molecule has 6 heteroatoms. The molecule has 1 aromatic carbocycles. The van der Waals surface area contributed by atoms with Gasteiger partial charge in [0, 0.05) is 18.6 Å². The minimum atomic E-state index is -0.493. The molecule has 0 spiro atoms. The van der Waals surface area contributed by atoms with Crippen LogP contribution in [-0.4, -0.2) is 43.1 Å². The lowest BCUT2D eigenvalue weighted by Gasteiger charge is -2.23. The molecule has 19 heavy (non-hydrogen) atoms. The highest BCUT2D eigenvalue weighted by Crippen LogP contribution is 2.17. The van der Waals surface area contributed by atoms with Gasteiger partial charge in [0.2, 0.25) is 0 Å². The minimum absolute atomic E-state index is 0.0233. The van der Waals surface area contributed by atoms with Crippen molar-refractivity contribution in [2.45, 2.75) is 12.8 Å². The topological polar surface area (TPSA) is 69.4 Å². The zero-order valence-corrected chi connectivity index (χ0v) is 11.5. The maximum absolute atomic E-state index is 11.6. The molecule has 0 amide bonds. The van der Waals surface area contributed by atoms with Crippen molar-refractivity contribution in [3.8, 4) is 5.75 Å². The number of non-ortho nitro benzene ring substituents is 1. The molecule has 0 saturated carbocycles. The highest BCUT2D eigenvalue weighted by molar-refractivity contribution is 5.72. The molecule has 104 valence electrons. The van der Waals surface area contributed by atoms with Crippen LogP contribution in [0.15, 0.2) is 24.3 Å². The van der Waals surface area contributed by atoms with Crippen molar-refractivity contribution in [1.29, 1.82) is 0 Å². The van der Waals surface area contributed by atoms with Crippen molar-refractivity contribution in [1.82, 2.24) is 0 Å². The van der Waals surface area contributed by atoms with Crippen LogP contribution in [0.25, 0.3) is 0 Å². The zero-order chi connectivity index (χ0) is 14.5. The van der Waals surface area contributed by atoms with Crippen LogP contribution in [-0.2, 0) is 4.79 Å².